The lowest BCUT2D eigenvalue weighted by Crippen LogP contribution is -2.48. The van der Waals surface area contributed by atoms with Crippen LogP contribution in [0.2, 0.25) is 0 Å². The smallest absolute Gasteiger partial charge is 0.303 e. The van der Waals surface area contributed by atoms with E-state index in [1.54, 1.807) is 0 Å². The van der Waals surface area contributed by atoms with Gasteiger partial charge in [-0.2, -0.15) is 0 Å². The third-order valence-electron chi connectivity index (χ3n) is 1.36. The van der Waals surface area contributed by atoms with Gasteiger partial charge in [0, 0.05) is 6.42 Å². The summed E-state index contributed by atoms with van der Waals surface area (Å²) in [5.41, 5.74) is 15.4. The van der Waals surface area contributed by atoms with E-state index in [2.05, 4.69) is 0 Å². The fraction of sp³-hybridized carbons (Fsp3) is 0.667. The first kappa shape index (κ1) is 11.0. The van der Waals surface area contributed by atoms with Gasteiger partial charge in [-0.15, -0.1) is 0 Å². The molecule has 7 N–H and O–H groups in total. The zero-order chi connectivity index (χ0) is 9.72. The standard InChI is InChI=1S/C6H13N3O3/c7-3(1-2-4(10)11)5(12)6(8)9/h3,6H,1-2,7-9H2,(H,10,11). The molecule has 0 aromatic heterocycles. The molecule has 6 nitrogen and oxygen atoms in total. The summed E-state index contributed by atoms with van der Waals surface area (Å²) in [6.45, 7) is 0. The minimum Gasteiger partial charge on any atom is -0.481 e. The van der Waals surface area contributed by atoms with E-state index in [9.17, 15) is 9.59 Å². The molecule has 0 saturated carbocycles. The monoisotopic (exact) mass is 175 g/mol. The van der Waals surface area contributed by atoms with E-state index in [-0.39, 0.29) is 12.8 Å². The number of aliphatic carboxylic acids is 1. The van der Waals surface area contributed by atoms with Gasteiger partial charge in [-0.25, -0.2) is 0 Å². The maximum absolute atomic E-state index is 10.9. The molecule has 0 bridgehead atoms. The van der Waals surface area contributed by atoms with E-state index >= 15 is 0 Å². The second kappa shape index (κ2) is 4.81. The second-order valence-corrected chi connectivity index (χ2v) is 2.47. The zero-order valence-corrected chi connectivity index (χ0v) is 6.56. The SMILES string of the molecule is NC(N)C(=O)C(N)CCC(=O)O. The third-order valence-corrected chi connectivity index (χ3v) is 1.36. The number of ketones is 1. The maximum atomic E-state index is 10.9. The lowest BCUT2D eigenvalue weighted by Gasteiger charge is -2.10. The van der Waals surface area contributed by atoms with Gasteiger partial charge in [0.2, 0.25) is 0 Å². The van der Waals surface area contributed by atoms with Crippen molar-refractivity contribution < 1.29 is 14.7 Å². The number of carboxylic acid groups (broad SMARTS) is 1. The molecule has 6 heteroatoms. The first-order chi connectivity index (χ1) is 5.45. The topological polar surface area (TPSA) is 132 Å². The Labute approximate surface area is 69.7 Å². The lowest BCUT2D eigenvalue weighted by atomic mass is 10.1. The van der Waals surface area contributed by atoms with Crippen molar-refractivity contribution in [1.29, 1.82) is 0 Å². The van der Waals surface area contributed by atoms with Crippen LogP contribution >= 0.6 is 0 Å². The summed E-state index contributed by atoms with van der Waals surface area (Å²) in [6.07, 6.45) is -1.20. The summed E-state index contributed by atoms with van der Waals surface area (Å²) in [4.78, 5) is 21.0. The molecule has 0 heterocycles. The predicted molar refractivity (Wildman–Crippen MR) is 42.0 cm³/mol. The summed E-state index contributed by atoms with van der Waals surface area (Å²) in [5.74, 6) is -1.51. The highest BCUT2D eigenvalue weighted by Gasteiger charge is 2.18. The van der Waals surface area contributed by atoms with Crippen LogP contribution in [0.4, 0.5) is 0 Å². The van der Waals surface area contributed by atoms with Gasteiger partial charge in [-0.1, -0.05) is 0 Å². The Hall–Kier alpha value is -0.980. The molecular weight excluding hydrogens is 162 g/mol. The molecule has 0 spiro atoms. The van der Waals surface area contributed by atoms with E-state index in [1.165, 1.54) is 0 Å². The molecular formula is C6H13N3O3. The molecule has 0 aliphatic heterocycles. The van der Waals surface area contributed by atoms with Crippen LogP contribution in [0.1, 0.15) is 12.8 Å². The third kappa shape index (κ3) is 4.02. The number of carbonyl (C=O) groups excluding carboxylic acids is 1. The van der Waals surface area contributed by atoms with Crippen molar-refractivity contribution in [3.8, 4) is 0 Å². The summed E-state index contributed by atoms with van der Waals surface area (Å²) in [7, 11) is 0. The van der Waals surface area contributed by atoms with Crippen LogP contribution in [0, 0.1) is 0 Å². The average Bonchev–Trinajstić information content (AvgIpc) is 1.98. The number of nitrogens with two attached hydrogens (primary N) is 3. The maximum Gasteiger partial charge on any atom is 0.303 e. The van der Waals surface area contributed by atoms with Crippen molar-refractivity contribution in [1.82, 2.24) is 0 Å². The molecule has 0 aliphatic rings. The van der Waals surface area contributed by atoms with Crippen molar-refractivity contribution in [3.05, 3.63) is 0 Å². The Morgan fingerprint density at radius 3 is 2.08 bits per heavy atom. The van der Waals surface area contributed by atoms with E-state index in [0.29, 0.717) is 0 Å². The Bertz CT molecular complexity index is 181. The molecule has 0 rings (SSSR count). The fourth-order valence-corrected chi connectivity index (χ4v) is 0.668. The highest BCUT2D eigenvalue weighted by Crippen LogP contribution is 1.96. The van der Waals surface area contributed by atoms with Crippen molar-refractivity contribution >= 4 is 11.8 Å². The Balaban J connectivity index is 3.79. The van der Waals surface area contributed by atoms with Crippen LogP contribution in [0.15, 0.2) is 0 Å². The van der Waals surface area contributed by atoms with Crippen LogP contribution < -0.4 is 17.2 Å². The molecule has 0 radical (unpaired) electrons. The van der Waals surface area contributed by atoms with Gasteiger partial charge in [0.05, 0.1) is 6.04 Å². The number of Topliss-reactive ketones (excluding diaryl/α,β-unsaturated/α-hetero) is 1. The first-order valence-corrected chi connectivity index (χ1v) is 3.47. The van der Waals surface area contributed by atoms with E-state index in [0.717, 1.165) is 0 Å². The second-order valence-electron chi connectivity index (χ2n) is 2.47. The normalized spacial score (nSPS) is 13.0. The number of hydrogen-bond acceptors (Lipinski definition) is 5. The van der Waals surface area contributed by atoms with Crippen LogP contribution in [0.3, 0.4) is 0 Å². The molecule has 0 saturated heterocycles. The molecule has 70 valence electrons. The summed E-state index contributed by atoms with van der Waals surface area (Å²) in [6, 6.07) is -0.874. The molecule has 0 fully saturated rings. The molecule has 1 unspecified atom stereocenters. The molecule has 0 amide bonds. The highest BCUT2D eigenvalue weighted by molar-refractivity contribution is 5.88. The summed E-state index contributed by atoms with van der Waals surface area (Å²) < 4.78 is 0. The van der Waals surface area contributed by atoms with Crippen molar-refractivity contribution in [3.63, 3.8) is 0 Å². The Kier molecular flexibility index (Phi) is 4.42. The number of hydrogen-bond donors (Lipinski definition) is 4. The minimum atomic E-state index is -1.12. The van der Waals surface area contributed by atoms with Crippen LogP contribution in [0.25, 0.3) is 0 Å². The summed E-state index contributed by atoms with van der Waals surface area (Å²) in [5, 5.41) is 8.25. The number of carboxylic acids is 1. The molecule has 0 aromatic rings. The largest absolute Gasteiger partial charge is 0.481 e. The van der Waals surface area contributed by atoms with Crippen LogP contribution in [-0.4, -0.2) is 29.1 Å². The van der Waals surface area contributed by atoms with Crippen molar-refractivity contribution in [2.75, 3.05) is 0 Å². The first-order valence-electron chi connectivity index (χ1n) is 3.47. The zero-order valence-electron chi connectivity index (χ0n) is 6.56. The fourth-order valence-electron chi connectivity index (χ4n) is 0.668. The van der Waals surface area contributed by atoms with Gasteiger partial charge in [0.1, 0.15) is 6.17 Å². The minimum absolute atomic E-state index is 0.0685. The number of carbonyl (C=O) groups is 2. The molecule has 0 aromatic carbocycles. The van der Waals surface area contributed by atoms with Crippen LogP contribution in [-0.2, 0) is 9.59 Å². The van der Waals surface area contributed by atoms with Crippen LogP contribution in [0.5, 0.6) is 0 Å². The van der Waals surface area contributed by atoms with Crippen molar-refractivity contribution in [2.45, 2.75) is 25.0 Å². The highest BCUT2D eigenvalue weighted by atomic mass is 16.4. The Morgan fingerprint density at radius 1 is 1.25 bits per heavy atom. The molecule has 12 heavy (non-hydrogen) atoms. The Morgan fingerprint density at radius 2 is 1.75 bits per heavy atom. The van der Waals surface area contributed by atoms with Gasteiger partial charge in [0.25, 0.3) is 0 Å². The molecule has 0 aliphatic carbocycles. The van der Waals surface area contributed by atoms with Gasteiger partial charge in [-0.3, -0.25) is 9.59 Å². The molecule has 1 atom stereocenters. The quantitative estimate of drug-likeness (QED) is 0.357. The van der Waals surface area contributed by atoms with E-state index < -0.39 is 24.0 Å². The predicted octanol–water partition coefficient (Wildman–Crippen LogP) is -2.01. The summed E-state index contributed by atoms with van der Waals surface area (Å²) >= 11 is 0. The van der Waals surface area contributed by atoms with Gasteiger partial charge < -0.3 is 22.3 Å². The van der Waals surface area contributed by atoms with Gasteiger partial charge in [0.15, 0.2) is 5.78 Å². The van der Waals surface area contributed by atoms with E-state index in [1.807, 2.05) is 0 Å². The van der Waals surface area contributed by atoms with Gasteiger partial charge in [-0.05, 0) is 6.42 Å². The van der Waals surface area contributed by atoms with Gasteiger partial charge >= 0.3 is 5.97 Å². The van der Waals surface area contributed by atoms with E-state index in [4.69, 9.17) is 22.3 Å². The average molecular weight is 175 g/mol. The number of rotatable bonds is 5. The lowest BCUT2D eigenvalue weighted by molar-refractivity contribution is -0.137. The van der Waals surface area contributed by atoms with Crippen molar-refractivity contribution in [2.24, 2.45) is 17.2 Å².